The van der Waals surface area contributed by atoms with Crippen LogP contribution in [0.1, 0.15) is 23.7 Å². The minimum Gasteiger partial charge on any atom is -0.484 e. The molecule has 0 bridgehead atoms. The van der Waals surface area contributed by atoms with Crippen LogP contribution in [-0.2, 0) is 4.79 Å². The molecule has 6 nitrogen and oxygen atoms in total. The van der Waals surface area contributed by atoms with Crippen LogP contribution in [0.4, 0.5) is 0 Å². The van der Waals surface area contributed by atoms with Gasteiger partial charge in [-0.25, -0.2) is 0 Å². The number of rotatable bonds is 5. The summed E-state index contributed by atoms with van der Waals surface area (Å²) in [7, 11) is 0. The van der Waals surface area contributed by atoms with E-state index < -0.39 is 0 Å². The highest BCUT2D eigenvalue weighted by molar-refractivity contribution is 5.78. The van der Waals surface area contributed by atoms with Crippen molar-refractivity contribution < 1.29 is 14.1 Å². The van der Waals surface area contributed by atoms with Crippen molar-refractivity contribution in [1.82, 2.24) is 15.0 Å². The Bertz CT molecular complexity index is 906. The normalized spacial score (nSPS) is 16.5. The summed E-state index contributed by atoms with van der Waals surface area (Å²) < 4.78 is 11.0. The first-order chi connectivity index (χ1) is 13.2. The lowest BCUT2D eigenvalue weighted by molar-refractivity contribution is -0.132. The standard InChI is InChI=1S/C21H21N3O3/c1-15-7-9-18(10-8-15)26-14-19(25)24-12-11-17(13-24)20-22-21(27-23-20)16-5-3-2-4-6-16/h2-10,17H,11-14H2,1H3. The van der Waals surface area contributed by atoms with Gasteiger partial charge in [0.15, 0.2) is 12.4 Å². The van der Waals surface area contributed by atoms with Gasteiger partial charge in [-0.1, -0.05) is 41.1 Å². The predicted molar refractivity (Wildman–Crippen MR) is 100 cm³/mol. The molecule has 0 saturated carbocycles. The fraction of sp³-hybridized carbons (Fsp3) is 0.286. The number of nitrogens with zero attached hydrogens (tertiary/aromatic N) is 3. The maximum Gasteiger partial charge on any atom is 0.260 e. The second-order valence-electron chi connectivity index (χ2n) is 6.75. The van der Waals surface area contributed by atoms with Crippen LogP contribution in [0.2, 0.25) is 0 Å². The summed E-state index contributed by atoms with van der Waals surface area (Å²) in [5.74, 6) is 1.94. The molecule has 4 rings (SSSR count). The first-order valence-electron chi connectivity index (χ1n) is 9.05. The molecular formula is C21H21N3O3. The van der Waals surface area contributed by atoms with Crippen LogP contribution in [0.5, 0.6) is 5.75 Å². The first-order valence-corrected chi connectivity index (χ1v) is 9.05. The lowest BCUT2D eigenvalue weighted by atomic mass is 10.1. The fourth-order valence-corrected chi connectivity index (χ4v) is 3.17. The number of hydrogen-bond donors (Lipinski definition) is 0. The zero-order valence-electron chi connectivity index (χ0n) is 15.2. The Morgan fingerprint density at radius 3 is 2.74 bits per heavy atom. The highest BCUT2D eigenvalue weighted by atomic mass is 16.5. The molecule has 138 valence electrons. The van der Waals surface area contributed by atoms with Crippen molar-refractivity contribution in [2.24, 2.45) is 0 Å². The fourth-order valence-electron chi connectivity index (χ4n) is 3.17. The average Bonchev–Trinajstić information content (AvgIpc) is 3.37. The highest BCUT2D eigenvalue weighted by Gasteiger charge is 2.30. The van der Waals surface area contributed by atoms with Gasteiger partial charge in [0.1, 0.15) is 5.75 Å². The van der Waals surface area contributed by atoms with E-state index in [1.54, 1.807) is 4.90 Å². The van der Waals surface area contributed by atoms with Crippen molar-refractivity contribution in [3.63, 3.8) is 0 Å². The van der Waals surface area contributed by atoms with Crippen molar-refractivity contribution >= 4 is 5.91 Å². The van der Waals surface area contributed by atoms with Crippen LogP contribution >= 0.6 is 0 Å². The van der Waals surface area contributed by atoms with Gasteiger partial charge >= 0.3 is 0 Å². The van der Waals surface area contributed by atoms with E-state index >= 15 is 0 Å². The Balaban J connectivity index is 1.34. The predicted octanol–water partition coefficient (Wildman–Crippen LogP) is 3.44. The number of aromatic nitrogens is 2. The molecule has 1 aliphatic rings. The Morgan fingerprint density at radius 2 is 1.96 bits per heavy atom. The summed E-state index contributed by atoms with van der Waals surface area (Å²) in [5.41, 5.74) is 2.06. The smallest absolute Gasteiger partial charge is 0.260 e. The number of carbonyl (C=O) groups excluding carboxylic acids is 1. The molecule has 1 fully saturated rings. The second-order valence-corrected chi connectivity index (χ2v) is 6.75. The molecule has 0 spiro atoms. The van der Waals surface area contributed by atoms with Gasteiger partial charge in [0.2, 0.25) is 0 Å². The number of ether oxygens (including phenoxy) is 1. The summed E-state index contributed by atoms with van der Waals surface area (Å²) in [4.78, 5) is 18.7. The van der Waals surface area contributed by atoms with Crippen LogP contribution < -0.4 is 4.74 Å². The van der Waals surface area contributed by atoms with Crippen molar-refractivity contribution in [1.29, 1.82) is 0 Å². The zero-order valence-corrected chi connectivity index (χ0v) is 15.2. The van der Waals surface area contributed by atoms with Gasteiger partial charge in [-0.3, -0.25) is 4.79 Å². The van der Waals surface area contributed by atoms with Crippen LogP contribution in [0.15, 0.2) is 59.1 Å². The molecule has 1 saturated heterocycles. The maximum absolute atomic E-state index is 12.4. The zero-order chi connectivity index (χ0) is 18.6. The Kier molecular flexibility index (Phi) is 4.87. The van der Waals surface area contributed by atoms with Crippen LogP contribution in [-0.4, -0.2) is 40.6 Å². The molecule has 0 aliphatic carbocycles. The summed E-state index contributed by atoms with van der Waals surface area (Å²) >= 11 is 0. The van der Waals surface area contributed by atoms with E-state index in [1.807, 2.05) is 61.5 Å². The molecule has 0 N–H and O–H groups in total. The number of carbonyl (C=O) groups is 1. The van der Waals surface area contributed by atoms with Crippen LogP contribution in [0.25, 0.3) is 11.5 Å². The maximum atomic E-state index is 12.4. The minimum atomic E-state index is -0.0233. The topological polar surface area (TPSA) is 68.5 Å². The molecule has 27 heavy (non-hydrogen) atoms. The van der Waals surface area contributed by atoms with Crippen LogP contribution in [0, 0.1) is 6.92 Å². The molecule has 1 aromatic heterocycles. The molecule has 1 atom stereocenters. The molecule has 6 heteroatoms. The van der Waals surface area contributed by atoms with E-state index in [-0.39, 0.29) is 18.4 Å². The van der Waals surface area contributed by atoms with Crippen molar-refractivity contribution in [2.75, 3.05) is 19.7 Å². The van der Waals surface area contributed by atoms with Gasteiger partial charge in [-0.05, 0) is 37.6 Å². The Morgan fingerprint density at radius 1 is 1.19 bits per heavy atom. The molecule has 2 aromatic carbocycles. The molecule has 1 amide bonds. The van der Waals surface area contributed by atoms with Crippen LogP contribution in [0.3, 0.4) is 0 Å². The number of likely N-dealkylation sites (tertiary alicyclic amines) is 1. The summed E-state index contributed by atoms with van der Waals surface area (Å²) in [5, 5.41) is 4.11. The summed E-state index contributed by atoms with van der Waals surface area (Å²) in [6.07, 6.45) is 0.823. The lowest BCUT2D eigenvalue weighted by Crippen LogP contribution is -2.32. The van der Waals surface area contributed by atoms with E-state index in [1.165, 1.54) is 0 Å². The molecule has 0 radical (unpaired) electrons. The van der Waals surface area contributed by atoms with E-state index in [9.17, 15) is 4.79 Å². The number of aryl methyl sites for hydroxylation is 1. The minimum absolute atomic E-state index is 0.0233. The van der Waals surface area contributed by atoms with Crippen molar-refractivity contribution in [2.45, 2.75) is 19.3 Å². The third-order valence-corrected chi connectivity index (χ3v) is 4.75. The summed E-state index contributed by atoms with van der Waals surface area (Å²) in [6, 6.07) is 17.4. The average molecular weight is 363 g/mol. The van der Waals surface area contributed by atoms with Crippen molar-refractivity contribution in [3.8, 4) is 17.2 Å². The quantitative estimate of drug-likeness (QED) is 0.695. The van der Waals surface area contributed by atoms with Gasteiger partial charge < -0.3 is 14.2 Å². The third kappa shape index (κ3) is 4.00. The van der Waals surface area contributed by atoms with E-state index in [4.69, 9.17) is 9.26 Å². The largest absolute Gasteiger partial charge is 0.484 e. The first kappa shape index (κ1) is 17.3. The summed E-state index contributed by atoms with van der Waals surface area (Å²) in [6.45, 7) is 3.32. The highest BCUT2D eigenvalue weighted by Crippen LogP contribution is 2.27. The number of amides is 1. The Hall–Kier alpha value is -3.15. The van der Waals surface area contributed by atoms with E-state index in [0.29, 0.717) is 30.6 Å². The number of hydrogen-bond acceptors (Lipinski definition) is 5. The Labute approximate surface area is 157 Å². The lowest BCUT2D eigenvalue weighted by Gasteiger charge is -2.16. The van der Waals surface area contributed by atoms with Gasteiger partial charge in [0, 0.05) is 24.6 Å². The van der Waals surface area contributed by atoms with Gasteiger partial charge in [-0.2, -0.15) is 4.98 Å². The monoisotopic (exact) mass is 363 g/mol. The van der Waals surface area contributed by atoms with Gasteiger partial charge in [-0.15, -0.1) is 0 Å². The molecule has 1 unspecified atom stereocenters. The second kappa shape index (κ2) is 7.61. The van der Waals surface area contributed by atoms with E-state index in [2.05, 4.69) is 10.1 Å². The SMILES string of the molecule is Cc1ccc(OCC(=O)N2CCC(c3noc(-c4ccccc4)n3)C2)cc1. The van der Waals surface area contributed by atoms with Gasteiger partial charge in [0.05, 0.1) is 0 Å². The molecule has 2 heterocycles. The van der Waals surface area contributed by atoms with Crippen molar-refractivity contribution in [3.05, 3.63) is 66.0 Å². The molecule has 3 aromatic rings. The number of benzene rings is 2. The van der Waals surface area contributed by atoms with E-state index in [0.717, 1.165) is 17.5 Å². The molecular weight excluding hydrogens is 342 g/mol. The third-order valence-electron chi connectivity index (χ3n) is 4.75. The van der Waals surface area contributed by atoms with Gasteiger partial charge in [0.25, 0.3) is 11.8 Å². The molecule has 1 aliphatic heterocycles.